The molecule has 21 heavy (non-hydrogen) atoms. The second-order valence-corrected chi connectivity index (χ2v) is 6.05. The fraction of sp³-hybridized carbons (Fsp3) is 0.412. The molecule has 4 rings (SSSR count). The van der Waals surface area contributed by atoms with Crippen LogP contribution < -0.4 is 5.32 Å². The SMILES string of the molecule is O=C(c1cccc2cccnc12)N1CC2CCCNC2C1. The van der Waals surface area contributed by atoms with Gasteiger partial charge in [-0.15, -0.1) is 0 Å². The summed E-state index contributed by atoms with van der Waals surface area (Å²) in [6.45, 7) is 2.78. The zero-order valence-corrected chi connectivity index (χ0v) is 12.0. The van der Waals surface area contributed by atoms with Crippen molar-refractivity contribution in [1.82, 2.24) is 15.2 Å². The van der Waals surface area contributed by atoms with Crippen LogP contribution in [0.4, 0.5) is 0 Å². The van der Waals surface area contributed by atoms with E-state index in [2.05, 4.69) is 10.3 Å². The minimum Gasteiger partial charge on any atom is -0.337 e. The number of piperidine rings is 1. The Labute approximate surface area is 124 Å². The van der Waals surface area contributed by atoms with E-state index >= 15 is 0 Å². The number of nitrogens with zero attached hydrogens (tertiary/aromatic N) is 2. The van der Waals surface area contributed by atoms with Gasteiger partial charge in [-0.05, 0) is 37.4 Å². The van der Waals surface area contributed by atoms with Crippen LogP contribution in [0.1, 0.15) is 23.2 Å². The first kappa shape index (κ1) is 12.8. The summed E-state index contributed by atoms with van der Waals surface area (Å²) in [5, 5.41) is 4.57. The van der Waals surface area contributed by atoms with Gasteiger partial charge in [0.2, 0.25) is 0 Å². The van der Waals surface area contributed by atoms with E-state index in [4.69, 9.17) is 0 Å². The van der Waals surface area contributed by atoms with Crippen molar-refractivity contribution in [3.63, 3.8) is 0 Å². The van der Waals surface area contributed by atoms with Gasteiger partial charge in [0.15, 0.2) is 0 Å². The molecule has 0 spiro atoms. The first-order chi connectivity index (χ1) is 10.3. The molecule has 0 aliphatic carbocycles. The number of fused-ring (bicyclic) bond motifs is 2. The average molecular weight is 281 g/mol. The lowest BCUT2D eigenvalue weighted by Gasteiger charge is -2.24. The van der Waals surface area contributed by atoms with Crippen LogP contribution in [0.2, 0.25) is 0 Å². The van der Waals surface area contributed by atoms with Gasteiger partial charge in [0.25, 0.3) is 5.91 Å². The number of benzene rings is 1. The number of pyridine rings is 1. The molecule has 1 aromatic heterocycles. The fourth-order valence-corrected chi connectivity index (χ4v) is 3.66. The highest BCUT2D eigenvalue weighted by Crippen LogP contribution is 2.27. The molecule has 0 bridgehead atoms. The van der Waals surface area contributed by atoms with Gasteiger partial charge in [0.05, 0.1) is 11.1 Å². The van der Waals surface area contributed by atoms with E-state index in [-0.39, 0.29) is 5.91 Å². The van der Waals surface area contributed by atoms with E-state index in [1.807, 2.05) is 35.2 Å². The molecule has 2 atom stereocenters. The monoisotopic (exact) mass is 281 g/mol. The molecule has 1 N–H and O–H groups in total. The first-order valence-electron chi connectivity index (χ1n) is 7.69. The Morgan fingerprint density at radius 1 is 1.24 bits per heavy atom. The van der Waals surface area contributed by atoms with Gasteiger partial charge in [-0.2, -0.15) is 0 Å². The number of hydrogen-bond donors (Lipinski definition) is 1. The zero-order valence-electron chi connectivity index (χ0n) is 12.0. The summed E-state index contributed by atoms with van der Waals surface area (Å²) in [6, 6.07) is 10.2. The smallest absolute Gasteiger partial charge is 0.256 e. The Kier molecular flexibility index (Phi) is 3.11. The Bertz CT molecular complexity index is 665. The highest BCUT2D eigenvalue weighted by atomic mass is 16.2. The van der Waals surface area contributed by atoms with Crippen LogP contribution in [0.15, 0.2) is 36.5 Å². The summed E-state index contributed by atoms with van der Waals surface area (Å²) in [5.41, 5.74) is 1.54. The van der Waals surface area contributed by atoms with E-state index in [9.17, 15) is 4.79 Å². The van der Waals surface area contributed by atoms with E-state index < -0.39 is 0 Å². The average Bonchev–Trinajstić information content (AvgIpc) is 2.97. The number of rotatable bonds is 1. The van der Waals surface area contributed by atoms with Crippen molar-refractivity contribution < 1.29 is 4.79 Å². The maximum absolute atomic E-state index is 12.9. The molecule has 0 saturated carbocycles. The summed E-state index contributed by atoms with van der Waals surface area (Å²) in [5.74, 6) is 0.737. The minimum atomic E-state index is 0.121. The van der Waals surface area contributed by atoms with Crippen molar-refractivity contribution in [2.75, 3.05) is 19.6 Å². The van der Waals surface area contributed by atoms with Crippen LogP contribution in [-0.2, 0) is 0 Å². The molecule has 108 valence electrons. The Hall–Kier alpha value is -1.94. The van der Waals surface area contributed by atoms with Gasteiger partial charge in [-0.1, -0.05) is 18.2 Å². The molecule has 2 unspecified atom stereocenters. The fourth-order valence-electron chi connectivity index (χ4n) is 3.66. The molecule has 2 saturated heterocycles. The molecule has 4 nitrogen and oxygen atoms in total. The van der Waals surface area contributed by atoms with Crippen LogP contribution in [0, 0.1) is 5.92 Å². The zero-order chi connectivity index (χ0) is 14.2. The number of carbonyl (C=O) groups excluding carboxylic acids is 1. The summed E-state index contributed by atoms with van der Waals surface area (Å²) < 4.78 is 0. The van der Waals surface area contributed by atoms with Crippen molar-refractivity contribution >= 4 is 16.8 Å². The van der Waals surface area contributed by atoms with Crippen LogP contribution in [-0.4, -0.2) is 41.5 Å². The van der Waals surface area contributed by atoms with E-state index in [0.29, 0.717) is 12.0 Å². The Morgan fingerprint density at radius 3 is 3.05 bits per heavy atom. The summed E-state index contributed by atoms with van der Waals surface area (Å²) >= 11 is 0. The third-order valence-electron chi connectivity index (χ3n) is 4.75. The molecule has 3 heterocycles. The predicted molar refractivity (Wildman–Crippen MR) is 82.2 cm³/mol. The lowest BCUT2D eigenvalue weighted by Crippen LogP contribution is -2.41. The molecule has 2 aliphatic rings. The van der Waals surface area contributed by atoms with E-state index in [1.54, 1.807) is 6.20 Å². The number of amides is 1. The van der Waals surface area contributed by atoms with Crippen molar-refractivity contribution in [3.8, 4) is 0 Å². The normalized spacial score (nSPS) is 25.0. The predicted octanol–water partition coefficient (Wildman–Crippen LogP) is 2.06. The second kappa shape index (κ2) is 5.11. The quantitative estimate of drug-likeness (QED) is 0.870. The third-order valence-corrected chi connectivity index (χ3v) is 4.75. The molecule has 4 heteroatoms. The molecular weight excluding hydrogens is 262 g/mol. The van der Waals surface area contributed by atoms with Crippen molar-refractivity contribution in [3.05, 3.63) is 42.1 Å². The number of para-hydroxylation sites is 1. The number of nitrogens with one attached hydrogen (secondary N) is 1. The van der Waals surface area contributed by atoms with Crippen LogP contribution in [0.3, 0.4) is 0 Å². The number of carbonyl (C=O) groups is 1. The topological polar surface area (TPSA) is 45.2 Å². The number of likely N-dealkylation sites (tertiary alicyclic amines) is 1. The van der Waals surface area contributed by atoms with Crippen molar-refractivity contribution in [2.45, 2.75) is 18.9 Å². The second-order valence-electron chi connectivity index (χ2n) is 6.05. The van der Waals surface area contributed by atoms with Gasteiger partial charge in [-0.25, -0.2) is 0 Å². The Morgan fingerprint density at radius 2 is 2.14 bits per heavy atom. The summed E-state index contributed by atoms with van der Waals surface area (Å²) in [7, 11) is 0. The van der Waals surface area contributed by atoms with Crippen molar-refractivity contribution in [1.29, 1.82) is 0 Å². The third kappa shape index (κ3) is 2.20. The first-order valence-corrected chi connectivity index (χ1v) is 7.69. The lowest BCUT2D eigenvalue weighted by molar-refractivity contribution is 0.0787. The lowest BCUT2D eigenvalue weighted by atomic mass is 9.94. The van der Waals surface area contributed by atoms with Gasteiger partial charge < -0.3 is 10.2 Å². The van der Waals surface area contributed by atoms with Gasteiger partial charge in [-0.3, -0.25) is 9.78 Å². The van der Waals surface area contributed by atoms with Crippen LogP contribution in [0.5, 0.6) is 0 Å². The largest absolute Gasteiger partial charge is 0.337 e. The van der Waals surface area contributed by atoms with Gasteiger partial charge in [0.1, 0.15) is 0 Å². The molecule has 1 amide bonds. The number of hydrogen-bond acceptors (Lipinski definition) is 3. The summed E-state index contributed by atoms with van der Waals surface area (Å²) in [6.07, 6.45) is 4.21. The van der Waals surface area contributed by atoms with Gasteiger partial charge >= 0.3 is 0 Å². The van der Waals surface area contributed by atoms with Crippen LogP contribution in [0.25, 0.3) is 10.9 Å². The molecule has 2 aromatic rings. The summed E-state index contributed by atoms with van der Waals surface area (Å²) in [4.78, 5) is 19.3. The van der Waals surface area contributed by atoms with Crippen molar-refractivity contribution in [2.24, 2.45) is 5.92 Å². The minimum absolute atomic E-state index is 0.121. The number of aromatic nitrogens is 1. The molecule has 1 aromatic carbocycles. The molecule has 2 fully saturated rings. The highest BCUT2D eigenvalue weighted by Gasteiger charge is 2.36. The highest BCUT2D eigenvalue weighted by molar-refractivity contribution is 6.05. The molecule has 2 aliphatic heterocycles. The van der Waals surface area contributed by atoms with E-state index in [1.165, 1.54) is 12.8 Å². The molecule has 0 radical (unpaired) electrons. The Balaban J connectivity index is 1.65. The van der Waals surface area contributed by atoms with Gasteiger partial charge in [0, 0.05) is 30.7 Å². The van der Waals surface area contributed by atoms with E-state index in [0.717, 1.165) is 36.1 Å². The molecular formula is C17H19N3O. The standard InChI is InChI=1S/C17H19N3O/c21-17(20-10-13-6-3-8-18-15(13)11-20)14-7-1-4-12-5-2-9-19-16(12)14/h1-2,4-5,7,9,13,15,18H,3,6,8,10-11H2. The van der Waals surface area contributed by atoms with Crippen LogP contribution >= 0.6 is 0 Å². The maximum Gasteiger partial charge on any atom is 0.256 e. The maximum atomic E-state index is 12.9.